The second-order valence-corrected chi connectivity index (χ2v) is 3.48. The highest BCUT2D eigenvalue weighted by atomic mass is 16.5. The van der Waals surface area contributed by atoms with Crippen LogP contribution in [0.5, 0.6) is 0 Å². The maximum absolute atomic E-state index is 8.67. The Labute approximate surface area is 94.8 Å². The molecular formula is C14H13NO. The van der Waals surface area contributed by atoms with Gasteiger partial charge in [0.25, 0.3) is 0 Å². The van der Waals surface area contributed by atoms with E-state index in [1.807, 2.05) is 48.5 Å². The minimum absolute atomic E-state index is 0.692. The van der Waals surface area contributed by atoms with Crippen LogP contribution >= 0.6 is 0 Å². The lowest BCUT2D eigenvalue weighted by Gasteiger charge is -1.98. The lowest BCUT2D eigenvalue weighted by Crippen LogP contribution is -1.87. The van der Waals surface area contributed by atoms with Crippen molar-refractivity contribution in [3.63, 3.8) is 0 Å². The zero-order chi connectivity index (χ0) is 11.2. The summed E-state index contributed by atoms with van der Waals surface area (Å²) in [5, 5.41) is 8.67. The molecule has 2 heteroatoms. The van der Waals surface area contributed by atoms with Crippen LogP contribution in [0.3, 0.4) is 0 Å². The number of hydrogen-bond donors (Lipinski definition) is 2. The summed E-state index contributed by atoms with van der Waals surface area (Å²) in [4.78, 5) is 0. The Morgan fingerprint density at radius 2 is 1.31 bits per heavy atom. The highest BCUT2D eigenvalue weighted by Gasteiger charge is 1.89. The van der Waals surface area contributed by atoms with E-state index in [1.54, 1.807) is 0 Å². The third-order valence-corrected chi connectivity index (χ3v) is 2.31. The van der Waals surface area contributed by atoms with E-state index in [4.69, 9.17) is 5.21 Å². The van der Waals surface area contributed by atoms with Crippen LogP contribution in [0, 0.1) is 0 Å². The van der Waals surface area contributed by atoms with E-state index in [0.29, 0.717) is 5.69 Å². The van der Waals surface area contributed by atoms with Crippen LogP contribution in [0.15, 0.2) is 54.6 Å². The van der Waals surface area contributed by atoms with E-state index in [2.05, 4.69) is 23.7 Å². The van der Waals surface area contributed by atoms with E-state index in [-0.39, 0.29) is 0 Å². The number of benzene rings is 2. The summed E-state index contributed by atoms with van der Waals surface area (Å²) in [5.74, 6) is 0. The number of nitrogens with one attached hydrogen (secondary N) is 1. The van der Waals surface area contributed by atoms with Crippen molar-refractivity contribution in [2.75, 3.05) is 5.48 Å². The molecule has 0 spiro atoms. The molecule has 0 aromatic heterocycles. The minimum Gasteiger partial charge on any atom is -0.291 e. The summed E-state index contributed by atoms with van der Waals surface area (Å²) in [6.07, 6.45) is 4.10. The average molecular weight is 211 g/mol. The van der Waals surface area contributed by atoms with E-state index in [0.717, 1.165) is 5.56 Å². The summed E-state index contributed by atoms with van der Waals surface area (Å²) < 4.78 is 0. The normalized spacial score (nSPS) is 10.6. The third-order valence-electron chi connectivity index (χ3n) is 2.31. The lowest BCUT2D eigenvalue weighted by atomic mass is 10.1. The molecule has 2 rings (SSSR count). The van der Waals surface area contributed by atoms with Gasteiger partial charge in [0, 0.05) is 0 Å². The van der Waals surface area contributed by atoms with Crippen LogP contribution in [0.2, 0.25) is 0 Å². The molecule has 2 nitrogen and oxygen atoms in total. The van der Waals surface area contributed by atoms with Gasteiger partial charge in [-0.05, 0) is 23.3 Å². The summed E-state index contributed by atoms with van der Waals surface area (Å²) in [6, 6.07) is 17.7. The Kier molecular flexibility index (Phi) is 3.36. The van der Waals surface area contributed by atoms with E-state index in [9.17, 15) is 0 Å². The Hall–Kier alpha value is -2.06. The molecule has 0 saturated heterocycles. The fourth-order valence-corrected chi connectivity index (χ4v) is 1.43. The zero-order valence-electron chi connectivity index (χ0n) is 8.80. The average Bonchev–Trinajstić information content (AvgIpc) is 2.38. The summed E-state index contributed by atoms with van der Waals surface area (Å²) in [6.45, 7) is 0. The molecule has 0 bridgehead atoms. The van der Waals surface area contributed by atoms with Gasteiger partial charge in [-0.2, -0.15) is 0 Å². The molecule has 0 saturated carbocycles. The number of anilines is 1. The molecule has 0 heterocycles. The van der Waals surface area contributed by atoms with Crippen molar-refractivity contribution in [3.8, 4) is 0 Å². The van der Waals surface area contributed by atoms with Gasteiger partial charge < -0.3 is 0 Å². The van der Waals surface area contributed by atoms with Crippen molar-refractivity contribution >= 4 is 17.8 Å². The monoisotopic (exact) mass is 211 g/mol. The van der Waals surface area contributed by atoms with Gasteiger partial charge in [-0.3, -0.25) is 10.7 Å². The Balaban J connectivity index is 2.12. The van der Waals surface area contributed by atoms with Crippen LogP contribution in [0.4, 0.5) is 5.69 Å². The molecule has 2 N–H and O–H groups in total. The third kappa shape index (κ3) is 2.72. The van der Waals surface area contributed by atoms with Crippen molar-refractivity contribution in [2.24, 2.45) is 0 Å². The van der Waals surface area contributed by atoms with Gasteiger partial charge in [-0.1, -0.05) is 54.6 Å². The van der Waals surface area contributed by atoms with Crippen molar-refractivity contribution < 1.29 is 5.21 Å². The largest absolute Gasteiger partial charge is 0.291 e. The van der Waals surface area contributed by atoms with Gasteiger partial charge in [-0.15, -0.1) is 0 Å². The van der Waals surface area contributed by atoms with Crippen molar-refractivity contribution in [1.82, 2.24) is 0 Å². The SMILES string of the molecule is ONc1ccc(/C=C/c2ccccc2)cc1. The van der Waals surface area contributed by atoms with Crippen molar-refractivity contribution in [2.45, 2.75) is 0 Å². The molecule has 0 fully saturated rings. The van der Waals surface area contributed by atoms with Crippen molar-refractivity contribution in [3.05, 3.63) is 65.7 Å². The first-order valence-corrected chi connectivity index (χ1v) is 5.12. The second kappa shape index (κ2) is 5.14. The predicted octanol–water partition coefficient (Wildman–Crippen LogP) is 3.66. The van der Waals surface area contributed by atoms with Crippen LogP contribution < -0.4 is 5.48 Å². The summed E-state index contributed by atoms with van der Waals surface area (Å²) >= 11 is 0. The number of rotatable bonds is 3. The number of hydrogen-bond acceptors (Lipinski definition) is 2. The zero-order valence-corrected chi connectivity index (χ0v) is 8.80. The fraction of sp³-hybridized carbons (Fsp3) is 0. The van der Waals surface area contributed by atoms with E-state index < -0.39 is 0 Å². The van der Waals surface area contributed by atoms with E-state index >= 15 is 0 Å². The van der Waals surface area contributed by atoms with Gasteiger partial charge in [0.1, 0.15) is 0 Å². The van der Waals surface area contributed by atoms with E-state index in [1.165, 1.54) is 5.56 Å². The molecule has 0 aliphatic heterocycles. The molecule has 0 atom stereocenters. The Morgan fingerprint density at radius 1 is 0.750 bits per heavy atom. The highest BCUT2D eigenvalue weighted by Crippen LogP contribution is 2.11. The molecule has 16 heavy (non-hydrogen) atoms. The topological polar surface area (TPSA) is 32.3 Å². The van der Waals surface area contributed by atoms with Crippen LogP contribution in [0.25, 0.3) is 12.2 Å². The molecule has 0 amide bonds. The summed E-state index contributed by atoms with van der Waals surface area (Å²) in [5.41, 5.74) is 5.07. The molecule has 0 unspecified atom stereocenters. The van der Waals surface area contributed by atoms with Gasteiger partial charge in [0.15, 0.2) is 0 Å². The van der Waals surface area contributed by atoms with Crippen molar-refractivity contribution in [1.29, 1.82) is 0 Å². The maximum Gasteiger partial charge on any atom is 0.0602 e. The molecule has 0 aliphatic carbocycles. The second-order valence-electron chi connectivity index (χ2n) is 3.48. The van der Waals surface area contributed by atoms with Gasteiger partial charge in [-0.25, -0.2) is 0 Å². The smallest absolute Gasteiger partial charge is 0.0602 e. The lowest BCUT2D eigenvalue weighted by molar-refractivity contribution is 0.389. The maximum atomic E-state index is 8.67. The van der Waals surface area contributed by atoms with Gasteiger partial charge in [0.2, 0.25) is 0 Å². The quantitative estimate of drug-likeness (QED) is 0.600. The minimum atomic E-state index is 0.692. The fourth-order valence-electron chi connectivity index (χ4n) is 1.43. The highest BCUT2D eigenvalue weighted by molar-refractivity contribution is 5.70. The molecular weight excluding hydrogens is 198 g/mol. The predicted molar refractivity (Wildman–Crippen MR) is 67.2 cm³/mol. The molecule has 0 aliphatic rings. The van der Waals surface area contributed by atoms with Gasteiger partial charge >= 0.3 is 0 Å². The summed E-state index contributed by atoms with van der Waals surface area (Å²) in [7, 11) is 0. The molecule has 2 aromatic rings. The Morgan fingerprint density at radius 3 is 1.88 bits per heavy atom. The Bertz CT molecular complexity index is 460. The van der Waals surface area contributed by atoms with Crippen LogP contribution in [0.1, 0.15) is 11.1 Å². The first-order chi connectivity index (χ1) is 7.88. The molecule has 0 radical (unpaired) electrons. The standard InChI is InChI=1S/C14H13NO/c16-15-14-10-8-13(9-11-14)7-6-12-4-2-1-3-5-12/h1-11,15-16H/b7-6+. The first-order valence-electron chi connectivity index (χ1n) is 5.12. The van der Waals surface area contributed by atoms with Crippen LogP contribution in [-0.2, 0) is 0 Å². The molecule has 2 aromatic carbocycles. The molecule has 80 valence electrons. The van der Waals surface area contributed by atoms with Gasteiger partial charge in [0.05, 0.1) is 5.69 Å². The van der Waals surface area contributed by atoms with Crippen LogP contribution in [-0.4, -0.2) is 5.21 Å². The first kappa shape index (κ1) is 10.5.